The van der Waals surface area contributed by atoms with Crippen molar-refractivity contribution >= 4 is 28.8 Å². The number of benzene rings is 6. The van der Waals surface area contributed by atoms with Crippen LogP contribution in [0.1, 0.15) is 101 Å². The first kappa shape index (κ1) is 49.0. The number of methoxy groups -OCH3 is 3. The van der Waals surface area contributed by atoms with E-state index in [9.17, 15) is 14.7 Å². The number of aliphatic hydroxyl groups is 1. The lowest BCUT2D eigenvalue weighted by molar-refractivity contribution is -0.148. The van der Waals surface area contributed by atoms with Gasteiger partial charge in [-0.2, -0.15) is 0 Å². The molecule has 0 radical (unpaired) electrons. The molecule has 1 aliphatic heterocycles. The van der Waals surface area contributed by atoms with Crippen LogP contribution in [-0.2, 0) is 25.3 Å². The van der Waals surface area contributed by atoms with E-state index in [0.717, 1.165) is 63.6 Å². The van der Waals surface area contributed by atoms with Crippen molar-refractivity contribution in [3.63, 3.8) is 0 Å². The molecule has 6 aromatic rings. The van der Waals surface area contributed by atoms with Crippen molar-refractivity contribution in [3.05, 3.63) is 137 Å². The minimum atomic E-state index is -1.17. The van der Waals surface area contributed by atoms with Gasteiger partial charge in [0.1, 0.15) is 53.3 Å². The van der Waals surface area contributed by atoms with E-state index in [4.69, 9.17) is 38.3 Å². The predicted molar refractivity (Wildman–Crippen MR) is 275 cm³/mol. The number of ether oxygens (including phenoxy) is 7. The van der Waals surface area contributed by atoms with E-state index in [1.807, 2.05) is 80.6 Å². The summed E-state index contributed by atoms with van der Waals surface area (Å²) >= 11 is 0. The molecule has 0 bridgehead atoms. The molecular formula is C60H64O11. The molecule has 370 valence electrons. The summed E-state index contributed by atoms with van der Waals surface area (Å²) in [6, 6.07) is 34.7. The molecule has 1 atom stereocenters. The zero-order valence-corrected chi connectivity index (χ0v) is 42.2. The van der Waals surface area contributed by atoms with Crippen LogP contribution in [0.25, 0.3) is 39.1 Å². The Morgan fingerprint density at radius 3 is 1.94 bits per heavy atom. The molecule has 3 aliphatic rings. The van der Waals surface area contributed by atoms with Gasteiger partial charge in [-0.05, 0) is 126 Å². The predicted octanol–water partition coefficient (Wildman–Crippen LogP) is 12.3. The van der Waals surface area contributed by atoms with Gasteiger partial charge in [0, 0.05) is 44.7 Å². The average molecular weight is 961 g/mol. The molecule has 0 amide bonds. The molecule has 1 unspecified atom stereocenters. The third-order valence-corrected chi connectivity index (χ3v) is 14.3. The zero-order valence-electron chi connectivity index (χ0n) is 42.2. The number of hydrogen-bond acceptors (Lipinski definition) is 10. The lowest BCUT2D eigenvalue weighted by atomic mass is 9.52. The first-order valence-corrected chi connectivity index (χ1v) is 24.3. The molecule has 2 N–H and O–H groups in total. The fraction of sp³-hybridized carbons (Fsp3) is 0.367. The van der Waals surface area contributed by atoms with Crippen LogP contribution in [0.2, 0.25) is 0 Å². The van der Waals surface area contributed by atoms with Gasteiger partial charge in [-0.1, -0.05) is 82.3 Å². The van der Waals surface area contributed by atoms with Crippen LogP contribution >= 0.6 is 0 Å². The highest BCUT2D eigenvalue weighted by atomic mass is 16.6. The Hall–Kier alpha value is -6.98. The van der Waals surface area contributed by atoms with Crippen molar-refractivity contribution < 1.29 is 53.0 Å². The van der Waals surface area contributed by atoms with Gasteiger partial charge < -0.3 is 43.4 Å². The monoisotopic (exact) mass is 960 g/mol. The van der Waals surface area contributed by atoms with Crippen LogP contribution in [0, 0.1) is 10.8 Å². The highest BCUT2D eigenvalue weighted by molar-refractivity contribution is 6.11. The molecule has 9 rings (SSSR count). The SMILES string of the molecule is COc1ccc(-c2cc3c4c(c5c(c3cc2OC)OC(c2ccc(OCCOC(=O)CCC(=O)O)cc2)(c2ccc(OC(C)(C)CO)cc2)C=C5)C2(CC(C)(C)CC(C)(C)C2)c2ccccc2-4)c(OC)c1. The van der Waals surface area contributed by atoms with Crippen molar-refractivity contribution in [2.75, 3.05) is 41.2 Å². The topological polar surface area (TPSA) is 139 Å². The second-order valence-corrected chi connectivity index (χ2v) is 21.3. The van der Waals surface area contributed by atoms with Gasteiger partial charge >= 0.3 is 11.9 Å². The van der Waals surface area contributed by atoms with Crippen LogP contribution < -0.4 is 28.4 Å². The number of carboxylic acid groups (broad SMARTS) is 1. The lowest BCUT2D eigenvalue weighted by Gasteiger charge is -2.52. The fourth-order valence-electron chi connectivity index (χ4n) is 12.1. The van der Waals surface area contributed by atoms with E-state index in [1.165, 1.54) is 22.3 Å². The average Bonchev–Trinajstić information content (AvgIpc) is 3.61. The Labute approximate surface area is 416 Å². The molecule has 2 aliphatic carbocycles. The number of carboxylic acids is 1. The summed E-state index contributed by atoms with van der Waals surface area (Å²) in [7, 11) is 5.00. The standard InChI is InChI=1S/C60H64O11/c1-56(2)33-57(3,4)35-59(34-56)48-13-11-10-12-43(48)53-46-31-45(42-23-22-41(65-7)30-49(42)66-8)50(67-9)32-47(46)55-44(54(53)59)26-27-60(71-55,38-16-20-40(21-17-38)70-58(5,6)36-61)37-14-18-39(19-15-37)68-28-29-69-52(64)25-24-51(62)63/h10-23,26-27,30-32,61H,24-25,28-29,33-36H2,1-9H3,(H,62,63). The Balaban J connectivity index is 1.26. The molecule has 11 heteroatoms. The highest BCUT2D eigenvalue weighted by Gasteiger charge is 2.55. The van der Waals surface area contributed by atoms with Gasteiger partial charge in [0.15, 0.2) is 5.60 Å². The normalized spacial score (nSPS) is 17.9. The second-order valence-electron chi connectivity index (χ2n) is 21.3. The molecule has 1 spiro atoms. The quantitative estimate of drug-likeness (QED) is 0.0708. The minimum Gasteiger partial charge on any atom is -0.497 e. The van der Waals surface area contributed by atoms with E-state index in [2.05, 4.69) is 76.2 Å². The smallest absolute Gasteiger partial charge is 0.306 e. The van der Waals surface area contributed by atoms with Crippen LogP contribution in [0.5, 0.6) is 34.5 Å². The summed E-state index contributed by atoms with van der Waals surface area (Å²) in [5, 5.41) is 20.9. The van der Waals surface area contributed by atoms with Crippen molar-refractivity contribution in [2.24, 2.45) is 10.8 Å². The molecule has 71 heavy (non-hydrogen) atoms. The largest absolute Gasteiger partial charge is 0.497 e. The van der Waals surface area contributed by atoms with Crippen molar-refractivity contribution in [3.8, 4) is 56.8 Å². The van der Waals surface area contributed by atoms with Gasteiger partial charge in [-0.15, -0.1) is 0 Å². The van der Waals surface area contributed by atoms with E-state index in [0.29, 0.717) is 28.7 Å². The third-order valence-electron chi connectivity index (χ3n) is 14.3. The van der Waals surface area contributed by atoms with Gasteiger partial charge in [-0.3, -0.25) is 9.59 Å². The highest BCUT2D eigenvalue weighted by Crippen LogP contribution is 2.67. The van der Waals surface area contributed by atoms with Crippen molar-refractivity contribution in [1.82, 2.24) is 0 Å². The number of aliphatic hydroxyl groups excluding tert-OH is 1. The molecule has 0 aromatic heterocycles. The Bertz CT molecular complexity index is 3020. The summed E-state index contributed by atoms with van der Waals surface area (Å²) in [5.41, 5.74) is 7.18. The fourth-order valence-corrected chi connectivity index (χ4v) is 12.1. The summed E-state index contributed by atoms with van der Waals surface area (Å²) in [6.45, 7) is 13.2. The molecule has 11 nitrogen and oxygen atoms in total. The van der Waals surface area contributed by atoms with Crippen LogP contribution in [0.4, 0.5) is 0 Å². The molecule has 1 saturated carbocycles. The number of hydrogen-bond donors (Lipinski definition) is 2. The van der Waals surface area contributed by atoms with E-state index in [1.54, 1.807) is 21.3 Å². The van der Waals surface area contributed by atoms with E-state index < -0.39 is 23.1 Å². The number of fused-ring (bicyclic) bond motifs is 10. The number of carbonyl (C=O) groups is 2. The maximum Gasteiger partial charge on any atom is 0.306 e. The van der Waals surface area contributed by atoms with Crippen LogP contribution in [-0.4, -0.2) is 68.9 Å². The number of rotatable bonds is 16. The van der Waals surface area contributed by atoms with Gasteiger partial charge in [0.2, 0.25) is 0 Å². The first-order valence-electron chi connectivity index (χ1n) is 24.3. The Kier molecular flexibility index (Phi) is 12.9. The maximum absolute atomic E-state index is 12.1. The summed E-state index contributed by atoms with van der Waals surface area (Å²) in [6.07, 6.45) is 6.94. The number of carbonyl (C=O) groups excluding carboxylic acids is 1. The Morgan fingerprint density at radius 1 is 0.676 bits per heavy atom. The lowest BCUT2D eigenvalue weighted by Crippen LogP contribution is -2.44. The molecular weight excluding hydrogens is 897 g/mol. The summed E-state index contributed by atoms with van der Waals surface area (Å²) < 4.78 is 43.2. The zero-order chi connectivity index (χ0) is 50.5. The summed E-state index contributed by atoms with van der Waals surface area (Å²) in [4.78, 5) is 23.0. The second kappa shape index (κ2) is 18.6. The number of esters is 1. The van der Waals surface area contributed by atoms with Crippen LogP contribution in [0.15, 0.2) is 109 Å². The minimum absolute atomic E-state index is 0.0169. The maximum atomic E-state index is 12.1. The Morgan fingerprint density at radius 2 is 1.31 bits per heavy atom. The molecule has 1 fully saturated rings. The first-order chi connectivity index (χ1) is 33.8. The molecule has 0 saturated heterocycles. The molecule has 6 aromatic carbocycles. The van der Waals surface area contributed by atoms with E-state index >= 15 is 0 Å². The molecule has 1 heterocycles. The van der Waals surface area contributed by atoms with Crippen molar-refractivity contribution in [2.45, 2.75) is 90.3 Å². The van der Waals surface area contributed by atoms with Gasteiger partial charge in [0.05, 0.1) is 40.8 Å². The van der Waals surface area contributed by atoms with E-state index in [-0.39, 0.29) is 48.9 Å². The van der Waals surface area contributed by atoms with Crippen molar-refractivity contribution in [1.29, 1.82) is 0 Å². The number of aliphatic carboxylic acids is 1. The van der Waals surface area contributed by atoms with Gasteiger partial charge in [0.25, 0.3) is 0 Å². The van der Waals surface area contributed by atoms with Gasteiger partial charge in [-0.25, -0.2) is 0 Å². The van der Waals surface area contributed by atoms with Crippen LogP contribution in [0.3, 0.4) is 0 Å². The third kappa shape index (κ3) is 9.16. The summed E-state index contributed by atoms with van der Waals surface area (Å²) in [5.74, 6) is 2.22.